The number of carbonyl (C=O) groups excluding carboxylic acids is 1. The highest BCUT2D eigenvalue weighted by molar-refractivity contribution is 6.05. The zero-order valence-corrected chi connectivity index (χ0v) is 11.1. The molecule has 0 spiro atoms. The van der Waals surface area contributed by atoms with Gasteiger partial charge in [0.15, 0.2) is 0 Å². The van der Waals surface area contributed by atoms with Crippen molar-refractivity contribution in [3.05, 3.63) is 59.4 Å². The van der Waals surface area contributed by atoms with E-state index in [4.69, 9.17) is 5.73 Å². The summed E-state index contributed by atoms with van der Waals surface area (Å²) in [5, 5.41) is 0. The summed E-state index contributed by atoms with van der Waals surface area (Å²) in [4.78, 5) is 18.1. The Hall–Kier alpha value is -2.20. The van der Waals surface area contributed by atoms with Crippen molar-refractivity contribution in [2.75, 3.05) is 11.9 Å². The van der Waals surface area contributed by atoms with Gasteiger partial charge in [0, 0.05) is 25.5 Å². The van der Waals surface area contributed by atoms with E-state index in [1.54, 1.807) is 18.1 Å². The number of aryl methyl sites for hydroxylation is 1. The number of hydrogen-bond acceptors (Lipinski definition) is 3. The number of carbonyl (C=O) groups is 1. The first kappa shape index (κ1) is 13.2. The summed E-state index contributed by atoms with van der Waals surface area (Å²) in [6.45, 7) is 2.34. The second-order valence-electron chi connectivity index (χ2n) is 4.41. The minimum absolute atomic E-state index is 0.118. The minimum Gasteiger partial charge on any atom is -0.326 e. The van der Waals surface area contributed by atoms with Crippen molar-refractivity contribution in [2.45, 2.75) is 13.5 Å². The molecule has 19 heavy (non-hydrogen) atoms. The number of aromatic nitrogens is 1. The molecule has 0 aliphatic rings. The summed E-state index contributed by atoms with van der Waals surface area (Å²) >= 11 is 0. The van der Waals surface area contributed by atoms with Gasteiger partial charge in [0.1, 0.15) is 5.69 Å². The van der Waals surface area contributed by atoms with Crippen LogP contribution in [0, 0.1) is 6.92 Å². The van der Waals surface area contributed by atoms with Crippen LogP contribution in [0.5, 0.6) is 0 Å². The maximum Gasteiger partial charge on any atom is 0.276 e. The Bertz CT molecular complexity index is 595. The van der Waals surface area contributed by atoms with Crippen LogP contribution in [-0.2, 0) is 6.54 Å². The first-order chi connectivity index (χ1) is 9.13. The van der Waals surface area contributed by atoms with Gasteiger partial charge in [-0.3, -0.25) is 9.78 Å². The number of benzene rings is 1. The lowest BCUT2D eigenvalue weighted by atomic mass is 10.1. The van der Waals surface area contributed by atoms with Gasteiger partial charge in [0.2, 0.25) is 0 Å². The molecule has 2 rings (SSSR count). The number of hydrogen-bond donors (Lipinski definition) is 1. The van der Waals surface area contributed by atoms with Crippen molar-refractivity contribution in [2.24, 2.45) is 5.73 Å². The molecular weight excluding hydrogens is 238 g/mol. The third-order valence-corrected chi connectivity index (χ3v) is 3.05. The molecule has 2 aromatic rings. The molecule has 4 heteroatoms. The van der Waals surface area contributed by atoms with Crippen molar-refractivity contribution in [1.29, 1.82) is 0 Å². The third-order valence-electron chi connectivity index (χ3n) is 3.05. The van der Waals surface area contributed by atoms with Crippen LogP contribution in [0.3, 0.4) is 0 Å². The van der Waals surface area contributed by atoms with E-state index in [-0.39, 0.29) is 5.91 Å². The quantitative estimate of drug-likeness (QED) is 0.914. The van der Waals surface area contributed by atoms with E-state index in [1.807, 2.05) is 43.3 Å². The largest absolute Gasteiger partial charge is 0.326 e. The average Bonchev–Trinajstić information content (AvgIpc) is 2.46. The van der Waals surface area contributed by atoms with Crippen LogP contribution < -0.4 is 10.6 Å². The Morgan fingerprint density at radius 2 is 2.11 bits per heavy atom. The van der Waals surface area contributed by atoms with E-state index in [0.29, 0.717) is 12.2 Å². The average molecular weight is 255 g/mol. The molecule has 0 aliphatic heterocycles. The fraction of sp³-hybridized carbons (Fsp3) is 0.200. The van der Waals surface area contributed by atoms with E-state index in [9.17, 15) is 4.79 Å². The zero-order valence-electron chi connectivity index (χ0n) is 11.1. The van der Waals surface area contributed by atoms with Gasteiger partial charge in [-0.2, -0.15) is 0 Å². The van der Waals surface area contributed by atoms with Gasteiger partial charge < -0.3 is 10.6 Å². The molecule has 0 saturated heterocycles. The molecular formula is C15H17N3O. The Balaban J connectivity index is 2.31. The fourth-order valence-corrected chi connectivity index (χ4v) is 1.88. The predicted octanol–water partition coefficient (Wildman–Crippen LogP) is 2.13. The van der Waals surface area contributed by atoms with Crippen LogP contribution in [-0.4, -0.2) is 17.9 Å². The molecule has 0 bridgehead atoms. The monoisotopic (exact) mass is 255 g/mol. The lowest BCUT2D eigenvalue weighted by Crippen LogP contribution is -2.27. The predicted molar refractivity (Wildman–Crippen MR) is 76.0 cm³/mol. The third kappa shape index (κ3) is 2.80. The molecule has 1 aromatic heterocycles. The lowest BCUT2D eigenvalue weighted by molar-refractivity contribution is 0.0987. The summed E-state index contributed by atoms with van der Waals surface area (Å²) in [6.07, 6.45) is 1.63. The normalized spacial score (nSPS) is 10.3. The summed E-state index contributed by atoms with van der Waals surface area (Å²) in [6, 6.07) is 11.3. The van der Waals surface area contributed by atoms with E-state index in [1.165, 1.54) is 0 Å². The van der Waals surface area contributed by atoms with Gasteiger partial charge in [-0.05, 0) is 36.2 Å². The minimum atomic E-state index is -0.118. The number of pyridine rings is 1. The van der Waals surface area contributed by atoms with E-state index >= 15 is 0 Å². The van der Waals surface area contributed by atoms with Crippen LogP contribution >= 0.6 is 0 Å². The molecule has 0 unspecified atom stereocenters. The van der Waals surface area contributed by atoms with Gasteiger partial charge >= 0.3 is 0 Å². The highest BCUT2D eigenvalue weighted by Crippen LogP contribution is 2.17. The van der Waals surface area contributed by atoms with Crippen molar-refractivity contribution in [1.82, 2.24) is 4.98 Å². The van der Waals surface area contributed by atoms with Gasteiger partial charge in [-0.1, -0.05) is 18.2 Å². The summed E-state index contributed by atoms with van der Waals surface area (Å²) in [5.74, 6) is -0.118. The Labute approximate surface area is 112 Å². The molecule has 1 aromatic carbocycles. The highest BCUT2D eigenvalue weighted by atomic mass is 16.2. The van der Waals surface area contributed by atoms with Gasteiger partial charge in [0.05, 0.1) is 0 Å². The standard InChI is InChI=1S/C15H17N3O/c1-11-5-4-8-17-14(11)15(19)18(2)13-7-3-6-12(9-13)10-16/h3-9H,10,16H2,1-2H3. The van der Waals surface area contributed by atoms with Crippen LogP contribution in [0.4, 0.5) is 5.69 Å². The maximum atomic E-state index is 12.4. The SMILES string of the molecule is Cc1cccnc1C(=O)N(C)c1cccc(CN)c1. The second-order valence-corrected chi connectivity index (χ2v) is 4.41. The molecule has 1 heterocycles. The van der Waals surface area contributed by atoms with E-state index < -0.39 is 0 Å². The summed E-state index contributed by atoms with van der Waals surface area (Å²) in [7, 11) is 1.74. The Morgan fingerprint density at radius 3 is 2.79 bits per heavy atom. The first-order valence-corrected chi connectivity index (χ1v) is 6.12. The molecule has 0 aliphatic carbocycles. The summed E-state index contributed by atoms with van der Waals surface area (Å²) in [5.41, 5.74) is 8.77. The lowest BCUT2D eigenvalue weighted by Gasteiger charge is -2.18. The van der Waals surface area contributed by atoms with Crippen molar-refractivity contribution in [3.63, 3.8) is 0 Å². The number of amides is 1. The highest BCUT2D eigenvalue weighted by Gasteiger charge is 2.16. The fourth-order valence-electron chi connectivity index (χ4n) is 1.88. The summed E-state index contributed by atoms with van der Waals surface area (Å²) < 4.78 is 0. The Morgan fingerprint density at radius 1 is 1.32 bits per heavy atom. The van der Waals surface area contributed by atoms with Crippen molar-refractivity contribution < 1.29 is 4.79 Å². The Kier molecular flexibility index (Phi) is 3.92. The van der Waals surface area contributed by atoms with Gasteiger partial charge in [-0.15, -0.1) is 0 Å². The smallest absolute Gasteiger partial charge is 0.276 e. The molecule has 0 radical (unpaired) electrons. The number of anilines is 1. The van der Waals surface area contributed by atoms with Crippen LogP contribution in [0.25, 0.3) is 0 Å². The number of rotatable bonds is 3. The first-order valence-electron chi connectivity index (χ1n) is 6.12. The topological polar surface area (TPSA) is 59.2 Å². The maximum absolute atomic E-state index is 12.4. The van der Waals surface area contributed by atoms with E-state index in [0.717, 1.165) is 16.8 Å². The molecule has 98 valence electrons. The number of nitrogens with two attached hydrogens (primary N) is 1. The molecule has 0 fully saturated rings. The molecule has 4 nitrogen and oxygen atoms in total. The van der Waals surface area contributed by atoms with Crippen molar-refractivity contribution in [3.8, 4) is 0 Å². The molecule has 2 N–H and O–H groups in total. The second kappa shape index (κ2) is 5.63. The van der Waals surface area contributed by atoms with Crippen molar-refractivity contribution >= 4 is 11.6 Å². The molecule has 0 atom stereocenters. The van der Waals surface area contributed by atoms with Crippen LogP contribution in [0.15, 0.2) is 42.6 Å². The van der Waals surface area contributed by atoms with Gasteiger partial charge in [-0.25, -0.2) is 0 Å². The van der Waals surface area contributed by atoms with Crippen LogP contribution in [0.1, 0.15) is 21.6 Å². The molecule has 1 amide bonds. The molecule has 0 saturated carbocycles. The number of nitrogens with zero attached hydrogens (tertiary/aromatic N) is 2. The van der Waals surface area contributed by atoms with Gasteiger partial charge in [0.25, 0.3) is 5.91 Å². The van der Waals surface area contributed by atoms with Crippen LogP contribution in [0.2, 0.25) is 0 Å². The van der Waals surface area contributed by atoms with E-state index in [2.05, 4.69) is 4.98 Å². The zero-order chi connectivity index (χ0) is 13.8.